The third-order valence-electron chi connectivity index (χ3n) is 2.18. The maximum atomic E-state index is 12.9. The topological polar surface area (TPSA) is 0 Å². The summed E-state index contributed by atoms with van der Waals surface area (Å²) in [6, 6.07) is 4.52. The van der Waals surface area contributed by atoms with Crippen LogP contribution in [-0.4, -0.2) is 5.33 Å². The highest BCUT2D eigenvalue weighted by Gasteiger charge is 2.05. The monoisotopic (exact) mass is 278 g/mol. The Balaban J connectivity index is 2.62. The van der Waals surface area contributed by atoms with Gasteiger partial charge in [0.1, 0.15) is 5.82 Å². The number of aryl methyl sites for hydroxylation is 1. The molecule has 0 N–H and O–H groups in total. The first-order chi connectivity index (χ1) is 6.63. The molecule has 0 spiro atoms. The van der Waals surface area contributed by atoms with Crippen LogP contribution < -0.4 is 0 Å². The van der Waals surface area contributed by atoms with Gasteiger partial charge in [-0.05, 0) is 42.5 Å². The molecule has 0 saturated carbocycles. The van der Waals surface area contributed by atoms with E-state index >= 15 is 0 Å². The van der Waals surface area contributed by atoms with Gasteiger partial charge < -0.3 is 0 Å². The second-order valence-electron chi connectivity index (χ2n) is 3.53. The number of alkyl halides is 1. The summed E-state index contributed by atoms with van der Waals surface area (Å²) in [5.41, 5.74) is 0.902. The lowest BCUT2D eigenvalue weighted by Crippen LogP contribution is -1.99. The minimum Gasteiger partial charge on any atom is -0.207 e. The number of benzene rings is 1. The van der Waals surface area contributed by atoms with Crippen molar-refractivity contribution >= 4 is 27.5 Å². The molecule has 0 aliphatic heterocycles. The van der Waals surface area contributed by atoms with E-state index in [-0.39, 0.29) is 5.82 Å². The van der Waals surface area contributed by atoms with E-state index in [9.17, 15) is 4.39 Å². The first-order valence-electron chi connectivity index (χ1n) is 4.63. The molecule has 1 aromatic rings. The van der Waals surface area contributed by atoms with Crippen LogP contribution >= 0.6 is 27.5 Å². The van der Waals surface area contributed by atoms with E-state index in [0.29, 0.717) is 10.9 Å². The molecule has 1 aromatic carbocycles. The van der Waals surface area contributed by atoms with Gasteiger partial charge in [-0.25, -0.2) is 4.39 Å². The summed E-state index contributed by atoms with van der Waals surface area (Å²) in [4.78, 5) is 0. The van der Waals surface area contributed by atoms with Gasteiger partial charge in [-0.1, -0.05) is 34.5 Å². The number of hydrogen-bond acceptors (Lipinski definition) is 0. The van der Waals surface area contributed by atoms with E-state index < -0.39 is 0 Å². The van der Waals surface area contributed by atoms with Crippen LogP contribution in [0.5, 0.6) is 0 Å². The zero-order valence-corrected chi connectivity index (χ0v) is 10.4. The van der Waals surface area contributed by atoms with E-state index in [1.807, 2.05) is 0 Å². The summed E-state index contributed by atoms with van der Waals surface area (Å²) in [5, 5.41) is 1.63. The van der Waals surface area contributed by atoms with Gasteiger partial charge >= 0.3 is 0 Å². The van der Waals surface area contributed by atoms with Crippen molar-refractivity contribution in [3.05, 3.63) is 34.6 Å². The molecule has 14 heavy (non-hydrogen) atoms. The lowest BCUT2D eigenvalue weighted by atomic mass is 10.0. The maximum absolute atomic E-state index is 12.9. The standard InChI is InChI=1S/C11H13BrClF/c1-8(7-12)2-3-9-6-10(14)4-5-11(9)13/h4-6,8H,2-3,7H2,1H3. The average molecular weight is 280 g/mol. The molecule has 0 heterocycles. The van der Waals surface area contributed by atoms with E-state index in [2.05, 4.69) is 22.9 Å². The molecule has 0 bridgehead atoms. The molecule has 0 fully saturated rings. The minimum absolute atomic E-state index is 0.212. The molecule has 0 aliphatic carbocycles. The number of hydrogen-bond donors (Lipinski definition) is 0. The van der Waals surface area contributed by atoms with Crippen LogP contribution in [0.1, 0.15) is 18.9 Å². The summed E-state index contributed by atoms with van der Waals surface area (Å²) in [7, 11) is 0. The third kappa shape index (κ3) is 3.58. The van der Waals surface area contributed by atoms with Gasteiger partial charge in [0.25, 0.3) is 0 Å². The highest BCUT2D eigenvalue weighted by molar-refractivity contribution is 9.09. The zero-order chi connectivity index (χ0) is 10.6. The van der Waals surface area contributed by atoms with Crippen molar-refractivity contribution in [1.82, 2.24) is 0 Å². The Morgan fingerprint density at radius 1 is 1.50 bits per heavy atom. The van der Waals surface area contributed by atoms with Crippen LogP contribution in [0.25, 0.3) is 0 Å². The summed E-state index contributed by atoms with van der Waals surface area (Å²) in [6.45, 7) is 2.15. The fourth-order valence-electron chi connectivity index (χ4n) is 1.21. The summed E-state index contributed by atoms with van der Waals surface area (Å²) >= 11 is 9.36. The lowest BCUT2D eigenvalue weighted by molar-refractivity contribution is 0.592. The van der Waals surface area contributed by atoms with Gasteiger partial charge in [-0.3, -0.25) is 0 Å². The molecule has 0 nitrogen and oxygen atoms in total. The minimum atomic E-state index is -0.212. The Morgan fingerprint density at radius 3 is 2.86 bits per heavy atom. The van der Waals surface area contributed by atoms with E-state index in [1.54, 1.807) is 6.07 Å². The van der Waals surface area contributed by atoms with Gasteiger partial charge in [0.2, 0.25) is 0 Å². The predicted molar refractivity (Wildman–Crippen MR) is 62.7 cm³/mol. The normalized spacial score (nSPS) is 12.9. The molecule has 0 radical (unpaired) electrons. The van der Waals surface area contributed by atoms with Gasteiger partial charge in [-0.2, -0.15) is 0 Å². The van der Waals surface area contributed by atoms with Crippen molar-refractivity contribution in [3.63, 3.8) is 0 Å². The average Bonchev–Trinajstić information content (AvgIpc) is 2.19. The van der Waals surface area contributed by atoms with Gasteiger partial charge in [0.15, 0.2) is 0 Å². The Hall–Kier alpha value is -0.0800. The first kappa shape index (κ1) is 12.0. The van der Waals surface area contributed by atoms with Crippen molar-refractivity contribution in [3.8, 4) is 0 Å². The second-order valence-corrected chi connectivity index (χ2v) is 4.59. The Morgan fingerprint density at radius 2 is 2.21 bits per heavy atom. The second kappa shape index (κ2) is 5.72. The largest absolute Gasteiger partial charge is 0.207 e. The fraction of sp³-hybridized carbons (Fsp3) is 0.455. The van der Waals surface area contributed by atoms with Crippen molar-refractivity contribution in [2.75, 3.05) is 5.33 Å². The molecule has 0 aromatic heterocycles. The van der Waals surface area contributed by atoms with E-state index in [4.69, 9.17) is 11.6 Å². The summed E-state index contributed by atoms with van der Waals surface area (Å²) in [6.07, 6.45) is 1.86. The Kier molecular flexibility index (Phi) is 4.90. The summed E-state index contributed by atoms with van der Waals surface area (Å²) in [5.74, 6) is 0.380. The van der Waals surface area contributed by atoms with Crippen molar-refractivity contribution in [1.29, 1.82) is 0 Å². The van der Waals surface area contributed by atoms with Crippen LogP contribution in [0.3, 0.4) is 0 Å². The Bertz CT molecular complexity index is 301. The molecular formula is C11H13BrClF. The maximum Gasteiger partial charge on any atom is 0.123 e. The highest BCUT2D eigenvalue weighted by Crippen LogP contribution is 2.20. The molecule has 1 atom stereocenters. The smallest absolute Gasteiger partial charge is 0.123 e. The molecular weight excluding hydrogens is 266 g/mol. The first-order valence-corrected chi connectivity index (χ1v) is 6.13. The molecule has 1 unspecified atom stereocenters. The highest BCUT2D eigenvalue weighted by atomic mass is 79.9. The van der Waals surface area contributed by atoms with Gasteiger partial charge in [0, 0.05) is 10.4 Å². The lowest BCUT2D eigenvalue weighted by Gasteiger charge is -2.08. The Labute approximate surface area is 97.6 Å². The third-order valence-corrected chi connectivity index (χ3v) is 3.65. The van der Waals surface area contributed by atoms with Crippen LogP contribution in [0.15, 0.2) is 18.2 Å². The molecule has 0 aliphatic rings. The van der Waals surface area contributed by atoms with Gasteiger partial charge in [0.05, 0.1) is 0 Å². The fourth-order valence-corrected chi connectivity index (χ4v) is 1.75. The predicted octanol–water partition coefficient (Wildman–Crippen LogP) is 4.44. The quantitative estimate of drug-likeness (QED) is 0.715. The van der Waals surface area contributed by atoms with Crippen LogP contribution in [0, 0.1) is 11.7 Å². The molecule has 0 amide bonds. The van der Waals surface area contributed by atoms with E-state index in [0.717, 1.165) is 23.7 Å². The molecule has 0 saturated heterocycles. The summed E-state index contributed by atoms with van der Waals surface area (Å²) < 4.78 is 12.9. The van der Waals surface area contributed by atoms with Crippen LogP contribution in [0.4, 0.5) is 4.39 Å². The van der Waals surface area contributed by atoms with Crippen molar-refractivity contribution < 1.29 is 4.39 Å². The molecule has 1 rings (SSSR count). The van der Waals surface area contributed by atoms with Crippen molar-refractivity contribution in [2.24, 2.45) is 5.92 Å². The zero-order valence-electron chi connectivity index (χ0n) is 8.06. The number of rotatable bonds is 4. The van der Waals surface area contributed by atoms with Crippen LogP contribution in [-0.2, 0) is 6.42 Å². The molecule has 3 heteroatoms. The van der Waals surface area contributed by atoms with E-state index in [1.165, 1.54) is 12.1 Å². The molecule has 78 valence electrons. The van der Waals surface area contributed by atoms with Gasteiger partial charge in [-0.15, -0.1) is 0 Å². The van der Waals surface area contributed by atoms with Crippen molar-refractivity contribution in [2.45, 2.75) is 19.8 Å². The number of halogens is 3. The van der Waals surface area contributed by atoms with Crippen LogP contribution in [0.2, 0.25) is 5.02 Å². The SMILES string of the molecule is CC(CBr)CCc1cc(F)ccc1Cl.